The van der Waals surface area contributed by atoms with Crippen molar-refractivity contribution in [3.63, 3.8) is 0 Å². The zero-order valence-electron chi connectivity index (χ0n) is 9.08. The highest BCUT2D eigenvalue weighted by Gasteiger charge is 2.30. The van der Waals surface area contributed by atoms with Crippen molar-refractivity contribution in [2.45, 2.75) is 19.6 Å². The van der Waals surface area contributed by atoms with Crippen LogP contribution in [0.15, 0.2) is 24.4 Å². The highest BCUT2D eigenvalue weighted by Crippen LogP contribution is 2.32. The third-order valence-corrected chi connectivity index (χ3v) is 2.71. The molecule has 1 aromatic carbocycles. The molecule has 2 aromatic rings. The summed E-state index contributed by atoms with van der Waals surface area (Å²) in [7, 11) is 0. The van der Waals surface area contributed by atoms with Crippen molar-refractivity contribution < 1.29 is 18.0 Å². The van der Waals surface area contributed by atoms with E-state index in [0.29, 0.717) is 23.7 Å². The van der Waals surface area contributed by atoms with Crippen LogP contribution in [0.5, 0.6) is 0 Å². The first-order valence-corrected chi connectivity index (χ1v) is 5.12. The van der Waals surface area contributed by atoms with Gasteiger partial charge in [0.2, 0.25) is 0 Å². The Morgan fingerprint density at radius 1 is 1.35 bits per heavy atom. The minimum absolute atomic E-state index is 0.285. The fraction of sp³-hybridized carbons (Fsp3) is 0.250. The molecule has 2 nitrogen and oxygen atoms in total. The largest absolute Gasteiger partial charge is 0.416 e. The Bertz CT molecular complexity index is 569. The number of nitrogens with zero attached hydrogens (tertiary/aromatic N) is 1. The molecule has 0 aliphatic carbocycles. The first-order chi connectivity index (χ1) is 7.97. The van der Waals surface area contributed by atoms with Gasteiger partial charge in [-0.15, -0.1) is 0 Å². The number of halogens is 3. The lowest BCUT2D eigenvalue weighted by molar-refractivity contribution is -0.137. The topological polar surface area (TPSA) is 22.0 Å². The van der Waals surface area contributed by atoms with Crippen LogP contribution in [0.4, 0.5) is 13.2 Å². The summed E-state index contributed by atoms with van der Waals surface area (Å²) in [6, 6.07) is 3.45. The molecule has 0 unspecified atom stereocenters. The summed E-state index contributed by atoms with van der Waals surface area (Å²) in [5, 5.41) is 0.344. The van der Waals surface area contributed by atoms with Gasteiger partial charge in [-0.2, -0.15) is 13.2 Å². The van der Waals surface area contributed by atoms with Gasteiger partial charge < -0.3 is 4.57 Å². The van der Waals surface area contributed by atoms with E-state index < -0.39 is 11.7 Å². The molecule has 90 valence electrons. The van der Waals surface area contributed by atoms with Crippen LogP contribution in [0.25, 0.3) is 10.9 Å². The average Bonchev–Trinajstić information content (AvgIpc) is 2.64. The molecule has 1 heterocycles. The number of rotatable bonds is 2. The maximum atomic E-state index is 12.5. The highest BCUT2D eigenvalue weighted by molar-refractivity contribution is 5.98. The van der Waals surface area contributed by atoms with E-state index in [4.69, 9.17) is 0 Å². The lowest BCUT2D eigenvalue weighted by Gasteiger charge is -2.07. The second-order valence-electron chi connectivity index (χ2n) is 3.72. The molecular weight excluding hydrogens is 231 g/mol. The van der Waals surface area contributed by atoms with Crippen LogP contribution in [0.2, 0.25) is 0 Å². The van der Waals surface area contributed by atoms with E-state index in [1.165, 1.54) is 6.07 Å². The predicted molar refractivity (Wildman–Crippen MR) is 58.0 cm³/mol. The molecule has 17 heavy (non-hydrogen) atoms. The molecule has 0 bridgehead atoms. The third kappa shape index (κ3) is 1.92. The van der Waals surface area contributed by atoms with Gasteiger partial charge in [0.05, 0.1) is 5.56 Å². The van der Waals surface area contributed by atoms with Crippen molar-refractivity contribution in [1.29, 1.82) is 0 Å². The summed E-state index contributed by atoms with van der Waals surface area (Å²) in [5.74, 6) is 0. The summed E-state index contributed by atoms with van der Waals surface area (Å²) in [4.78, 5) is 10.8. The Kier molecular flexibility index (Phi) is 2.69. The van der Waals surface area contributed by atoms with Gasteiger partial charge in [-0.1, -0.05) is 0 Å². The van der Waals surface area contributed by atoms with Gasteiger partial charge in [0.15, 0.2) is 6.29 Å². The summed E-state index contributed by atoms with van der Waals surface area (Å²) >= 11 is 0. The van der Waals surface area contributed by atoms with Crippen molar-refractivity contribution in [2.24, 2.45) is 0 Å². The number of carbonyl (C=O) groups excluding carboxylic acids is 1. The van der Waals surface area contributed by atoms with Crippen molar-refractivity contribution in [2.75, 3.05) is 0 Å². The molecule has 2 rings (SSSR count). The number of aldehydes is 1. The van der Waals surface area contributed by atoms with Gasteiger partial charge in [0.25, 0.3) is 0 Å². The zero-order valence-corrected chi connectivity index (χ0v) is 9.08. The van der Waals surface area contributed by atoms with Crippen molar-refractivity contribution in [1.82, 2.24) is 4.57 Å². The van der Waals surface area contributed by atoms with Crippen LogP contribution in [-0.2, 0) is 12.7 Å². The number of benzene rings is 1. The van der Waals surface area contributed by atoms with E-state index in [1.54, 1.807) is 10.8 Å². The van der Waals surface area contributed by atoms with E-state index >= 15 is 0 Å². The summed E-state index contributed by atoms with van der Waals surface area (Å²) < 4.78 is 39.4. The Balaban J connectivity index is 2.72. The first kappa shape index (κ1) is 11.7. The third-order valence-electron chi connectivity index (χ3n) is 2.71. The quantitative estimate of drug-likeness (QED) is 0.737. The van der Waals surface area contributed by atoms with Crippen LogP contribution >= 0.6 is 0 Å². The van der Waals surface area contributed by atoms with E-state index in [2.05, 4.69) is 0 Å². The molecule has 0 amide bonds. The number of aryl methyl sites for hydroxylation is 1. The normalized spacial score (nSPS) is 12.0. The van der Waals surface area contributed by atoms with Crippen LogP contribution in [-0.4, -0.2) is 10.9 Å². The molecule has 0 radical (unpaired) electrons. The van der Waals surface area contributed by atoms with Crippen molar-refractivity contribution >= 4 is 17.2 Å². The van der Waals surface area contributed by atoms with E-state index in [1.807, 2.05) is 6.92 Å². The molecule has 0 fully saturated rings. The minimum Gasteiger partial charge on any atom is -0.347 e. The van der Waals surface area contributed by atoms with Gasteiger partial charge in [0.1, 0.15) is 0 Å². The fourth-order valence-corrected chi connectivity index (χ4v) is 1.86. The number of alkyl halides is 3. The van der Waals surface area contributed by atoms with Crippen LogP contribution in [0, 0.1) is 0 Å². The van der Waals surface area contributed by atoms with E-state index in [9.17, 15) is 18.0 Å². The molecular formula is C12H10F3NO. The zero-order chi connectivity index (χ0) is 12.6. The van der Waals surface area contributed by atoms with Crippen molar-refractivity contribution in [3.8, 4) is 0 Å². The molecule has 5 heteroatoms. The second kappa shape index (κ2) is 3.91. The van der Waals surface area contributed by atoms with Gasteiger partial charge in [-0.3, -0.25) is 4.79 Å². The number of carbonyl (C=O) groups is 1. The second-order valence-corrected chi connectivity index (χ2v) is 3.72. The Hall–Kier alpha value is -1.78. The molecule has 1 aromatic heterocycles. The molecule has 0 atom stereocenters. The molecule has 0 aliphatic heterocycles. The lowest BCUT2D eigenvalue weighted by atomic mass is 10.1. The van der Waals surface area contributed by atoms with Crippen LogP contribution < -0.4 is 0 Å². The summed E-state index contributed by atoms with van der Waals surface area (Å²) in [6.45, 7) is 2.47. The number of hydrogen-bond acceptors (Lipinski definition) is 1. The number of fused-ring (bicyclic) bond motifs is 1. The standard InChI is InChI=1S/C12H10F3NO/c1-2-16-6-8(7-17)10-5-9(12(13,14)15)3-4-11(10)16/h3-7H,2H2,1H3. The van der Waals surface area contributed by atoms with Crippen LogP contribution in [0.1, 0.15) is 22.8 Å². The fourth-order valence-electron chi connectivity index (χ4n) is 1.86. The minimum atomic E-state index is -4.39. The van der Waals surface area contributed by atoms with Gasteiger partial charge in [0, 0.05) is 29.2 Å². The Morgan fingerprint density at radius 2 is 2.06 bits per heavy atom. The molecule has 0 saturated heterocycles. The molecule has 0 spiro atoms. The van der Waals surface area contributed by atoms with Gasteiger partial charge >= 0.3 is 6.18 Å². The van der Waals surface area contributed by atoms with Gasteiger partial charge in [-0.25, -0.2) is 0 Å². The summed E-state index contributed by atoms with van der Waals surface area (Å²) in [6.07, 6.45) is -2.24. The monoisotopic (exact) mass is 241 g/mol. The van der Waals surface area contributed by atoms with Crippen molar-refractivity contribution in [3.05, 3.63) is 35.5 Å². The number of hydrogen-bond donors (Lipinski definition) is 0. The lowest BCUT2D eigenvalue weighted by Crippen LogP contribution is -2.04. The number of aromatic nitrogens is 1. The van der Waals surface area contributed by atoms with E-state index in [-0.39, 0.29) is 5.56 Å². The maximum absolute atomic E-state index is 12.5. The summed E-state index contributed by atoms with van der Waals surface area (Å²) in [5.41, 5.74) is 0.192. The van der Waals surface area contributed by atoms with E-state index in [0.717, 1.165) is 12.1 Å². The SMILES string of the molecule is CCn1cc(C=O)c2cc(C(F)(F)F)ccc21. The maximum Gasteiger partial charge on any atom is 0.416 e. The van der Waals surface area contributed by atoms with Crippen LogP contribution in [0.3, 0.4) is 0 Å². The Labute approximate surface area is 95.7 Å². The van der Waals surface area contributed by atoms with Gasteiger partial charge in [-0.05, 0) is 25.1 Å². The smallest absolute Gasteiger partial charge is 0.347 e. The molecule has 0 N–H and O–H groups in total. The predicted octanol–water partition coefficient (Wildman–Crippen LogP) is 3.49. The molecule has 0 saturated carbocycles. The molecule has 0 aliphatic rings. The Morgan fingerprint density at radius 3 is 2.59 bits per heavy atom. The average molecular weight is 241 g/mol. The first-order valence-electron chi connectivity index (χ1n) is 5.12. The highest BCUT2D eigenvalue weighted by atomic mass is 19.4.